The molecule has 33 heavy (non-hydrogen) atoms. The summed E-state index contributed by atoms with van der Waals surface area (Å²) in [5.74, 6) is -1.49. The molecule has 0 heterocycles. The van der Waals surface area contributed by atoms with Gasteiger partial charge in [0.05, 0.1) is 35.5 Å². The number of ether oxygens (including phenoxy) is 2. The van der Waals surface area contributed by atoms with E-state index in [-0.39, 0.29) is 40.8 Å². The fourth-order valence-corrected chi connectivity index (χ4v) is 3.06. The van der Waals surface area contributed by atoms with Gasteiger partial charge >= 0.3 is 24.3 Å². The van der Waals surface area contributed by atoms with Crippen molar-refractivity contribution in [2.75, 3.05) is 13.2 Å². The number of rotatable bonds is 5. The number of esters is 2. The van der Waals surface area contributed by atoms with E-state index in [0.717, 1.165) is 12.1 Å². The molecule has 0 fully saturated rings. The molecule has 0 aliphatic rings. The maximum Gasteiger partial charge on any atom is 0.416 e. The average molecular weight is 543 g/mol. The van der Waals surface area contributed by atoms with Gasteiger partial charge in [-0.15, -0.1) is 0 Å². The van der Waals surface area contributed by atoms with Crippen molar-refractivity contribution in [2.24, 2.45) is 0 Å². The summed E-state index contributed by atoms with van der Waals surface area (Å²) < 4.78 is 84.9. The van der Waals surface area contributed by atoms with E-state index < -0.39 is 35.4 Å². The van der Waals surface area contributed by atoms with Gasteiger partial charge in [0.15, 0.2) is 0 Å². The highest BCUT2D eigenvalue weighted by Gasteiger charge is 2.34. The zero-order valence-corrected chi connectivity index (χ0v) is 19.5. The zero-order chi connectivity index (χ0) is 25.4. The van der Waals surface area contributed by atoms with Crippen molar-refractivity contribution in [3.05, 3.63) is 69.8 Å². The van der Waals surface area contributed by atoms with E-state index in [4.69, 9.17) is 0 Å². The van der Waals surface area contributed by atoms with Gasteiger partial charge in [0.2, 0.25) is 0 Å². The van der Waals surface area contributed by atoms with E-state index in [1.54, 1.807) is 13.8 Å². The molecule has 0 aromatic heterocycles. The number of aryl methyl sites for hydroxylation is 1. The first-order valence-electron chi connectivity index (χ1n) is 9.54. The first kappa shape index (κ1) is 28.5. The number of hydrogen-bond donors (Lipinski definition) is 0. The van der Waals surface area contributed by atoms with Crippen molar-refractivity contribution >= 4 is 27.9 Å². The van der Waals surface area contributed by atoms with Crippen LogP contribution >= 0.6 is 15.9 Å². The highest BCUT2D eigenvalue weighted by molar-refractivity contribution is 9.08. The molecule has 0 amide bonds. The van der Waals surface area contributed by atoms with Crippen LogP contribution in [0.25, 0.3) is 0 Å². The van der Waals surface area contributed by atoms with Crippen molar-refractivity contribution in [3.8, 4) is 0 Å². The summed E-state index contributed by atoms with van der Waals surface area (Å²) in [6.07, 6.45) is -8.93. The van der Waals surface area contributed by atoms with Crippen LogP contribution in [0.5, 0.6) is 0 Å². The van der Waals surface area contributed by atoms with Crippen molar-refractivity contribution in [1.82, 2.24) is 0 Å². The fraction of sp³-hybridized carbons (Fsp3) is 0.364. The van der Waals surface area contributed by atoms with Crippen LogP contribution in [-0.4, -0.2) is 25.2 Å². The van der Waals surface area contributed by atoms with Gasteiger partial charge in [-0.1, -0.05) is 28.1 Å². The van der Waals surface area contributed by atoms with Crippen molar-refractivity contribution < 1.29 is 45.4 Å². The van der Waals surface area contributed by atoms with E-state index >= 15 is 0 Å². The third-order valence-corrected chi connectivity index (χ3v) is 4.73. The Kier molecular flexibility index (Phi) is 10.4. The zero-order valence-electron chi connectivity index (χ0n) is 17.9. The molecular weight excluding hydrogens is 522 g/mol. The van der Waals surface area contributed by atoms with Crippen LogP contribution < -0.4 is 0 Å². The second-order valence-electron chi connectivity index (χ2n) is 6.47. The van der Waals surface area contributed by atoms with Crippen LogP contribution in [0.3, 0.4) is 0 Å². The van der Waals surface area contributed by atoms with E-state index in [2.05, 4.69) is 25.4 Å². The molecule has 182 valence electrons. The van der Waals surface area contributed by atoms with Crippen LogP contribution in [0.4, 0.5) is 26.3 Å². The fourth-order valence-electron chi connectivity index (χ4n) is 2.57. The summed E-state index contributed by atoms with van der Waals surface area (Å²) in [5, 5.41) is 0.0744. The second kappa shape index (κ2) is 12.1. The monoisotopic (exact) mass is 542 g/mol. The predicted octanol–water partition coefficient (Wildman–Crippen LogP) is 6.97. The molecule has 0 spiro atoms. The predicted molar refractivity (Wildman–Crippen MR) is 112 cm³/mol. The average Bonchev–Trinajstić information content (AvgIpc) is 2.73. The SMILES string of the molecule is CCOC(=O)c1ccc(C)c(C(F)(F)F)c1.CCOC(=O)c1ccc(CBr)c(C(F)(F)F)c1. The molecule has 0 atom stereocenters. The normalized spacial score (nSPS) is 11.3. The smallest absolute Gasteiger partial charge is 0.416 e. The van der Waals surface area contributed by atoms with Gasteiger partial charge in [-0.2, -0.15) is 26.3 Å². The quantitative estimate of drug-likeness (QED) is 0.232. The molecule has 2 aromatic rings. The van der Waals surface area contributed by atoms with Crippen molar-refractivity contribution in [1.29, 1.82) is 0 Å². The summed E-state index contributed by atoms with van der Waals surface area (Å²) in [5.41, 5.74) is -1.63. The Morgan fingerprint density at radius 1 is 0.788 bits per heavy atom. The topological polar surface area (TPSA) is 52.6 Å². The first-order chi connectivity index (χ1) is 15.3. The van der Waals surface area contributed by atoms with Gasteiger partial charge in [-0.05, 0) is 56.2 Å². The van der Waals surface area contributed by atoms with E-state index in [9.17, 15) is 35.9 Å². The van der Waals surface area contributed by atoms with Crippen LogP contribution in [0.15, 0.2) is 36.4 Å². The molecule has 2 rings (SSSR count). The van der Waals surface area contributed by atoms with Gasteiger partial charge in [0, 0.05) is 5.33 Å². The van der Waals surface area contributed by atoms with Crippen molar-refractivity contribution in [3.63, 3.8) is 0 Å². The molecule has 11 heteroatoms. The Balaban J connectivity index is 0.000000331. The summed E-state index contributed by atoms with van der Waals surface area (Å²) >= 11 is 2.98. The molecule has 4 nitrogen and oxygen atoms in total. The van der Waals surface area contributed by atoms with Gasteiger partial charge in [0.1, 0.15) is 0 Å². The number of carbonyl (C=O) groups excluding carboxylic acids is 2. The van der Waals surface area contributed by atoms with E-state index in [1.165, 1.54) is 31.2 Å². The van der Waals surface area contributed by atoms with Gasteiger partial charge in [-0.25, -0.2) is 9.59 Å². The Hall–Kier alpha value is -2.56. The van der Waals surface area contributed by atoms with Gasteiger partial charge < -0.3 is 9.47 Å². The van der Waals surface area contributed by atoms with Crippen LogP contribution in [0.2, 0.25) is 0 Å². The standard InChI is InChI=1S/C11H10BrF3O2.C11H11F3O2/c1-2-17-10(16)7-3-4-8(6-12)9(5-7)11(13,14)15;1-3-16-10(15)8-5-4-7(2)9(6-8)11(12,13)14/h3-5H,2,6H2,1H3;4-6H,3H2,1-2H3. The first-order valence-corrected chi connectivity index (χ1v) is 10.7. The minimum atomic E-state index is -4.48. The number of alkyl halides is 7. The molecular formula is C22H21BrF6O4. The third kappa shape index (κ3) is 8.38. The minimum Gasteiger partial charge on any atom is -0.462 e. The Morgan fingerprint density at radius 3 is 1.61 bits per heavy atom. The third-order valence-electron chi connectivity index (χ3n) is 4.12. The Bertz CT molecular complexity index is 970. The lowest BCUT2D eigenvalue weighted by Crippen LogP contribution is -2.12. The molecule has 0 N–H and O–H groups in total. The maximum atomic E-state index is 12.7. The highest BCUT2D eigenvalue weighted by atomic mass is 79.9. The second-order valence-corrected chi connectivity index (χ2v) is 7.03. The van der Waals surface area contributed by atoms with Gasteiger partial charge in [-0.3, -0.25) is 0 Å². The van der Waals surface area contributed by atoms with Crippen LogP contribution in [-0.2, 0) is 27.2 Å². The van der Waals surface area contributed by atoms with E-state index in [0.29, 0.717) is 0 Å². The molecule has 0 saturated carbocycles. The lowest BCUT2D eigenvalue weighted by molar-refractivity contribution is -0.138. The molecule has 0 radical (unpaired) electrons. The minimum absolute atomic E-state index is 0.0744. The Morgan fingerprint density at radius 2 is 1.21 bits per heavy atom. The summed E-state index contributed by atoms with van der Waals surface area (Å²) in [7, 11) is 0. The number of hydrogen-bond acceptors (Lipinski definition) is 4. The van der Waals surface area contributed by atoms with Gasteiger partial charge in [0.25, 0.3) is 0 Å². The summed E-state index contributed by atoms with van der Waals surface area (Å²) in [6.45, 7) is 4.79. The number of benzene rings is 2. The molecule has 0 saturated heterocycles. The molecule has 0 aliphatic heterocycles. The lowest BCUT2D eigenvalue weighted by Gasteiger charge is -2.12. The Labute approximate surface area is 195 Å². The molecule has 0 unspecified atom stereocenters. The molecule has 2 aromatic carbocycles. The maximum absolute atomic E-state index is 12.7. The largest absolute Gasteiger partial charge is 0.462 e. The summed E-state index contributed by atoms with van der Waals surface area (Å²) in [6, 6.07) is 6.80. The van der Waals surface area contributed by atoms with E-state index in [1.807, 2.05) is 0 Å². The van der Waals surface area contributed by atoms with Crippen LogP contribution in [0, 0.1) is 6.92 Å². The highest BCUT2D eigenvalue weighted by Crippen LogP contribution is 2.34. The molecule has 0 bridgehead atoms. The summed E-state index contributed by atoms with van der Waals surface area (Å²) in [4.78, 5) is 22.6. The molecule has 0 aliphatic carbocycles. The number of carbonyl (C=O) groups is 2. The lowest BCUT2D eigenvalue weighted by atomic mass is 10.0. The van der Waals surface area contributed by atoms with Crippen molar-refractivity contribution in [2.45, 2.75) is 38.5 Å². The van der Waals surface area contributed by atoms with Crippen LogP contribution in [0.1, 0.15) is 56.8 Å². The number of halogens is 7.